The quantitative estimate of drug-likeness (QED) is 0.797. The van der Waals surface area contributed by atoms with E-state index in [1.165, 1.54) is 0 Å². The molecule has 4 nitrogen and oxygen atoms in total. The van der Waals surface area contributed by atoms with Gasteiger partial charge in [0.05, 0.1) is 0 Å². The molecule has 17 heavy (non-hydrogen) atoms. The average molecular weight is 237 g/mol. The second-order valence-electron chi connectivity index (χ2n) is 3.87. The standard InChI is InChI=1S/C13H19NO3/c1-2-11(8-9-15)10-14-13(16)17-12-6-4-3-5-7-12/h3-7,11,15H,2,8-10H2,1H3,(H,14,16). The van der Waals surface area contributed by atoms with Crippen LogP contribution in [-0.4, -0.2) is 24.4 Å². The van der Waals surface area contributed by atoms with Crippen LogP contribution in [0.4, 0.5) is 4.79 Å². The summed E-state index contributed by atoms with van der Waals surface area (Å²) in [5, 5.41) is 11.5. The molecule has 0 heterocycles. The summed E-state index contributed by atoms with van der Waals surface area (Å²) in [5.41, 5.74) is 0. The zero-order valence-electron chi connectivity index (χ0n) is 10.1. The van der Waals surface area contributed by atoms with Gasteiger partial charge in [0.2, 0.25) is 0 Å². The Balaban J connectivity index is 2.30. The van der Waals surface area contributed by atoms with E-state index in [0.29, 0.717) is 24.6 Å². The van der Waals surface area contributed by atoms with E-state index in [-0.39, 0.29) is 6.61 Å². The van der Waals surface area contributed by atoms with Gasteiger partial charge in [-0.05, 0) is 24.5 Å². The average Bonchev–Trinajstić information content (AvgIpc) is 2.35. The highest BCUT2D eigenvalue weighted by atomic mass is 16.6. The van der Waals surface area contributed by atoms with E-state index in [1.807, 2.05) is 25.1 Å². The van der Waals surface area contributed by atoms with E-state index in [9.17, 15) is 4.79 Å². The van der Waals surface area contributed by atoms with Gasteiger partial charge in [-0.2, -0.15) is 0 Å². The molecule has 1 unspecified atom stereocenters. The molecule has 94 valence electrons. The van der Waals surface area contributed by atoms with Crippen molar-refractivity contribution in [2.75, 3.05) is 13.2 Å². The molecule has 0 saturated heterocycles. The zero-order chi connectivity index (χ0) is 12.5. The smallest absolute Gasteiger partial charge is 0.410 e. The van der Waals surface area contributed by atoms with Gasteiger partial charge in [-0.3, -0.25) is 0 Å². The van der Waals surface area contributed by atoms with Crippen molar-refractivity contribution in [3.05, 3.63) is 30.3 Å². The lowest BCUT2D eigenvalue weighted by Gasteiger charge is -2.14. The number of amides is 1. The predicted molar refractivity (Wildman–Crippen MR) is 66.0 cm³/mol. The number of carbonyl (C=O) groups is 1. The summed E-state index contributed by atoms with van der Waals surface area (Å²) in [5.74, 6) is 0.823. The first kappa shape index (κ1) is 13.5. The third-order valence-electron chi connectivity index (χ3n) is 2.60. The third-order valence-corrected chi connectivity index (χ3v) is 2.60. The van der Waals surface area contributed by atoms with Gasteiger partial charge in [0.1, 0.15) is 5.75 Å². The third kappa shape index (κ3) is 5.36. The topological polar surface area (TPSA) is 58.6 Å². The molecule has 1 aromatic carbocycles. The van der Waals surface area contributed by atoms with Crippen LogP contribution in [0.5, 0.6) is 5.75 Å². The minimum absolute atomic E-state index is 0.147. The molecule has 0 radical (unpaired) electrons. The highest BCUT2D eigenvalue weighted by Crippen LogP contribution is 2.09. The SMILES string of the molecule is CCC(CCO)CNC(=O)Oc1ccccc1. The minimum atomic E-state index is -0.451. The Morgan fingerprint density at radius 2 is 2.12 bits per heavy atom. The first-order valence-electron chi connectivity index (χ1n) is 5.87. The summed E-state index contributed by atoms with van der Waals surface area (Å²) in [6.07, 6.45) is 1.17. The first-order chi connectivity index (χ1) is 8.26. The van der Waals surface area contributed by atoms with Crippen molar-refractivity contribution in [1.29, 1.82) is 0 Å². The molecule has 0 spiro atoms. The Hall–Kier alpha value is -1.55. The van der Waals surface area contributed by atoms with Crippen molar-refractivity contribution in [3.63, 3.8) is 0 Å². The molecule has 1 amide bonds. The normalized spacial score (nSPS) is 11.9. The van der Waals surface area contributed by atoms with Crippen LogP contribution in [0.1, 0.15) is 19.8 Å². The van der Waals surface area contributed by atoms with Crippen LogP contribution in [0.2, 0.25) is 0 Å². The Morgan fingerprint density at radius 3 is 2.71 bits per heavy atom. The van der Waals surface area contributed by atoms with Crippen molar-refractivity contribution in [1.82, 2.24) is 5.32 Å². The number of aliphatic hydroxyl groups is 1. The van der Waals surface area contributed by atoms with E-state index in [2.05, 4.69) is 5.32 Å². The lowest BCUT2D eigenvalue weighted by molar-refractivity contribution is 0.195. The van der Waals surface area contributed by atoms with Crippen LogP contribution >= 0.6 is 0 Å². The molecule has 0 aliphatic heterocycles. The largest absolute Gasteiger partial charge is 0.412 e. The summed E-state index contributed by atoms with van der Waals surface area (Å²) < 4.78 is 5.07. The van der Waals surface area contributed by atoms with Crippen molar-refractivity contribution in [3.8, 4) is 5.75 Å². The molecule has 0 saturated carbocycles. The van der Waals surface area contributed by atoms with Gasteiger partial charge in [0.25, 0.3) is 0 Å². The molecular formula is C13H19NO3. The zero-order valence-corrected chi connectivity index (χ0v) is 10.1. The van der Waals surface area contributed by atoms with Crippen molar-refractivity contribution < 1.29 is 14.6 Å². The van der Waals surface area contributed by atoms with E-state index in [4.69, 9.17) is 9.84 Å². The van der Waals surface area contributed by atoms with Gasteiger partial charge in [0.15, 0.2) is 0 Å². The predicted octanol–water partition coefficient (Wildman–Crippen LogP) is 2.18. The number of ether oxygens (including phenoxy) is 1. The number of aliphatic hydroxyl groups excluding tert-OH is 1. The second-order valence-corrected chi connectivity index (χ2v) is 3.87. The molecule has 1 rings (SSSR count). The number of nitrogens with one attached hydrogen (secondary N) is 1. The van der Waals surface area contributed by atoms with Crippen LogP contribution in [0.15, 0.2) is 30.3 Å². The fourth-order valence-electron chi connectivity index (χ4n) is 1.49. The van der Waals surface area contributed by atoms with Crippen molar-refractivity contribution in [2.24, 2.45) is 5.92 Å². The second kappa shape index (κ2) is 7.68. The number of para-hydroxylation sites is 1. The number of benzene rings is 1. The van der Waals surface area contributed by atoms with Gasteiger partial charge >= 0.3 is 6.09 Å². The number of rotatable bonds is 6. The van der Waals surface area contributed by atoms with E-state index in [1.54, 1.807) is 12.1 Å². The molecule has 1 atom stereocenters. The number of hydrogen-bond donors (Lipinski definition) is 2. The maximum Gasteiger partial charge on any atom is 0.412 e. The van der Waals surface area contributed by atoms with Crippen LogP contribution in [0.25, 0.3) is 0 Å². The van der Waals surface area contributed by atoms with E-state index < -0.39 is 6.09 Å². The molecule has 0 aliphatic rings. The van der Waals surface area contributed by atoms with Crippen LogP contribution in [0, 0.1) is 5.92 Å². The Morgan fingerprint density at radius 1 is 1.41 bits per heavy atom. The minimum Gasteiger partial charge on any atom is -0.410 e. The van der Waals surface area contributed by atoms with Gasteiger partial charge in [-0.15, -0.1) is 0 Å². The monoisotopic (exact) mass is 237 g/mol. The van der Waals surface area contributed by atoms with Gasteiger partial charge in [-0.1, -0.05) is 31.5 Å². The summed E-state index contributed by atoms with van der Waals surface area (Å²) in [6, 6.07) is 8.93. The van der Waals surface area contributed by atoms with Crippen molar-refractivity contribution in [2.45, 2.75) is 19.8 Å². The fraction of sp³-hybridized carbons (Fsp3) is 0.462. The number of carbonyl (C=O) groups excluding carboxylic acids is 1. The summed E-state index contributed by atoms with van der Waals surface area (Å²) in [6.45, 7) is 2.71. The lowest BCUT2D eigenvalue weighted by atomic mass is 10.0. The van der Waals surface area contributed by atoms with Crippen molar-refractivity contribution >= 4 is 6.09 Å². The summed E-state index contributed by atoms with van der Waals surface area (Å²) in [7, 11) is 0. The molecule has 0 aliphatic carbocycles. The Kier molecular flexibility index (Phi) is 6.10. The van der Waals surface area contributed by atoms with Crippen LogP contribution in [0.3, 0.4) is 0 Å². The molecule has 0 fully saturated rings. The molecule has 1 aromatic rings. The first-order valence-corrected chi connectivity index (χ1v) is 5.87. The highest BCUT2D eigenvalue weighted by molar-refractivity contribution is 5.70. The van der Waals surface area contributed by atoms with E-state index in [0.717, 1.165) is 6.42 Å². The van der Waals surface area contributed by atoms with Gasteiger partial charge < -0.3 is 15.2 Å². The highest BCUT2D eigenvalue weighted by Gasteiger charge is 2.09. The molecule has 0 aromatic heterocycles. The maximum atomic E-state index is 11.4. The van der Waals surface area contributed by atoms with E-state index >= 15 is 0 Å². The van der Waals surface area contributed by atoms with Crippen LogP contribution < -0.4 is 10.1 Å². The van der Waals surface area contributed by atoms with Gasteiger partial charge in [0, 0.05) is 13.2 Å². The molecular weight excluding hydrogens is 218 g/mol. The Bertz CT molecular complexity index is 327. The Labute approximate surface area is 102 Å². The van der Waals surface area contributed by atoms with Crippen LogP contribution in [-0.2, 0) is 0 Å². The maximum absolute atomic E-state index is 11.4. The molecule has 0 bridgehead atoms. The lowest BCUT2D eigenvalue weighted by Crippen LogP contribution is -2.31. The van der Waals surface area contributed by atoms with Gasteiger partial charge in [-0.25, -0.2) is 4.79 Å². The fourth-order valence-corrected chi connectivity index (χ4v) is 1.49. The number of hydrogen-bond acceptors (Lipinski definition) is 3. The summed E-state index contributed by atoms with van der Waals surface area (Å²) >= 11 is 0. The molecule has 4 heteroatoms. The molecule has 2 N–H and O–H groups in total. The summed E-state index contributed by atoms with van der Waals surface area (Å²) in [4.78, 5) is 11.4.